The zero-order valence-corrected chi connectivity index (χ0v) is 24.1. The number of hydrogen-bond acceptors (Lipinski definition) is 6. The summed E-state index contributed by atoms with van der Waals surface area (Å²) in [7, 11) is -3.18. The van der Waals surface area contributed by atoms with Crippen molar-refractivity contribution < 1.29 is 41.4 Å². The molecule has 0 unspecified atom stereocenters. The first-order chi connectivity index (χ1) is 19.7. The van der Waals surface area contributed by atoms with E-state index >= 15 is 0 Å². The highest BCUT2D eigenvalue weighted by Crippen LogP contribution is 2.37. The minimum atomic E-state index is -5.08. The molecule has 0 spiro atoms. The normalized spacial score (nSPS) is 15.7. The molecule has 1 aliphatic rings. The maximum atomic E-state index is 12.3. The highest BCUT2D eigenvalue weighted by atomic mass is 32.2. The molecule has 0 aliphatic carbocycles. The third-order valence-electron chi connectivity index (χ3n) is 7.20. The first-order valence-corrected chi connectivity index (χ1v) is 14.9. The number of benzene rings is 2. The number of nitrogens with zero attached hydrogens (tertiary/aromatic N) is 1. The summed E-state index contributed by atoms with van der Waals surface area (Å²) >= 11 is 0. The van der Waals surface area contributed by atoms with Gasteiger partial charge in [0.25, 0.3) is 5.91 Å². The van der Waals surface area contributed by atoms with Gasteiger partial charge in [-0.3, -0.25) is 4.79 Å². The smallest absolute Gasteiger partial charge is 0.475 e. The molecule has 0 radical (unpaired) electrons. The molecule has 10 nitrogen and oxygen atoms in total. The Morgan fingerprint density at radius 1 is 1.14 bits per heavy atom. The molecule has 1 aliphatic heterocycles. The first-order valence-electron chi connectivity index (χ1n) is 13.3. The molecule has 1 atom stereocenters. The quantitative estimate of drug-likeness (QED) is 0.246. The van der Waals surface area contributed by atoms with Crippen molar-refractivity contribution in [1.29, 1.82) is 0 Å². The number of sulfonamides is 1. The number of halogens is 3. The van der Waals surface area contributed by atoms with Gasteiger partial charge < -0.3 is 26.2 Å². The molecule has 6 N–H and O–H groups in total. The highest BCUT2D eigenvalue weighted by molar-refractivity contribution is 7.89. The van der Waals surface area contributed by atoms with Crippen LogP contribution in [-0.4, -0.2) is 77.5 Å². The molecule has 0 bridgehead atoms. The summed E-state index contributed by atoms with van der Waals surface area (Å²) in [6.45, 7) is 5.34. The molecular formula is C28H35F3N4O6S. The number of alkyl halides is 3. The zero-order valence-electron chi connectivity index (χ0n) is 23.2. The summed E-state index contributed by atoms with van der Waals surface area (Å²) in [5, 5.41) is 20.5. The van der Waals surface area contributed by atoms with E-state index in [1.807, 2.05) is 43.5 Å². The number of carboxylic acid groups (broad SMARTS) is 1. The third kappa shape index (κ3) is 8.09. The number of rotatable bonds is 9. The number of aliphatic hydroxyl groups excluding tert-OH is 1. The Bertz CT molecular complexity index is 1500. The summed E-state index contributed by atoms with van der Waals surface area (Å²) < 4.78 is 57.8. The van der Waals surface area contributed by atoms with Crippen LogP contribution < -0.4 is 11.1 Å². The molecule has 1 aromatic heterocycles. The van der Waals surface area contributed by atoms with Gasteiger partial charge >= 0.3 is 12.1 Å². The van der Waals surface area contributed by atoms with E-state index in [2.05, 4.69) is 16.4 Å². The number of amides is 1. The number of H-pyrrole nitrogens is 1. The Kier molecular flexibility index (Phi) is 10.8. The van der Waals surface area contributed by atoms with E-state index in [1.54, 1.807) is 11.2 Å². The topological polar surface area (TPSA) is 166 Å². The van der Waals surface area contributed by atoms with Gasteiger partial charge in [-0.1, -0.05) is 24.3 Å². The lowest BCUT2D eigenvalue weighted by Crippen LogP contribution is -2.38. The van der Waals surface area contributed by atoms with Crippen LogP contribution in [0.4, 0.5) is 13.2 Å². The molecular weight excluding hydrogens is 577 g/mol. The van der Waals surface area contributed by atoms with E-state index in [4.69, 9.17) is 15.6 Å². The lowest BCUT2D eigenvalue weighted by Gasteiger charge is -2.31. The van der Waals surface area contributed by atoms with Gasteiger partial charge in [-0.15, -0.1) is 0 Å². The number of hydrogen-bond donors (Lipinski definition) is 5. The van der Waals surface area contributed by atoms with Gasteiger partial charge in [0.15, 0.2) is 0 Å². The molecule has 4 rings (SSSR count). The van der Waals surface area contributed by atoms with Gasteiger partial charge in [0, 0.05) is 37.3 Å². The van der Waals surface area contributed by atoms with E-state index in [9.17, 15) is 31.5 Å². The standard InChI is InChI=1S/C26H34N4O4S.C2HF3O2/c1-3-35(33,34)30-10-8-20(9-11-30)24-15-29-25-22(24)12-21(13-23(25)26(27)32)19-6-4-18(5-7-19)14-28-17(2)16-31;3-2(4,5)1(6)7/h4-7,12-13,15,17,20,28-29,31H,3,8-11,14,16H2,1-2H3,(H2,27,32);(H,6,7)/t17-;/m1./s1. The Balaban J connectivity index is 0.000000616. The predicted molar refractivity (Wildman–Crippen MR) is 152 cm³/mol. The Morgan fingerprint density at radius 3 is 2.24 bits per heavy atom. The fourth-order valence-electron chi connectivity index (χ4n) is 4.75. The average molecular weight is 613 g/mol. The second kappa shape index (κ2) is 13.7. The van der Waals surface area contributed by atoms with Crippen LogP contribution in [0.25, 0.3) is 22.0 Å². The minimum absolute atomic E-state index is 0.0242. The van der Waals surface area contributed by atoms with Crippen molar-refractivity contribution in [3.63, 3.8) is 0 Å². The number of piperidine rings is 1. The van der Waals surface area contributed by atoms with Gasteiger partial charge in [-0.2, -0.15) is 13.2 Å². The molecule has 0 saturated carbocycles. The van der Waals surface area contributed by atoms with Crippen molar-refractivity contribution in [3.05, 3.63) is 59.3 Å². The number of fused-ring (bicyclic) bond motifs is 1. The fourth-order valence-corrected chi connectivity index (χ4v) is 5.88. The van der Waals surface area contributed by atoms with Gasteiger partial charge in [-0.05, 0) is 67.0 Å². The number of aromatic nitrogens is 1. The van der Waals surface area contributed by atoms with Gasteiger partial charge in [0.1, 0.15) is 0 Å². The van der Waals surface area contributed by atoms with Crippen LogP contribution in [-0.2, 0) is 21.4 Å². The van der Waals surface area contributed by atoms with Gasteiger partial charge in [0.05, 0.1) is 23.4 Å². The Hall–Kier alpha value is -3.46. The number of aliphatic carboxylic acids is 1. The SMILES string of the molecule is CCS(=O)(=O)N1CCC(c2c[nH]c3c(C(N)=O)cc(-c4ccc(CN[C@H](C)CO)cc4)cc23)CC1.O=C(O)C(F)(F)F. The van der Waals surface area contributed by atoms with E-state index in [1.165, 1.54) is 0 Å². The first kappa shape index (κ1) is 33.0. The van der Waals surface area contributed by atoms with E-state index in [-0.39, 0.29) is 24.3 Å². The molecule has 14 heteroatoms. The summed E-state index contributed by atoms with van der Waals surface area (Å²) in [5.74, 6) is -2.93. The van der Waals surface area contributed by atoms with Crippen LogP contribution in [0.5, 0.6) is 0 Å². The van der Waals surface area contributed by atoms with Crippen molar-refractivity contribution in [1.82, 2.24) is 14.6 Å². The molecule has 42 heavy (non-hydrogen) atoms. The predicted octanol–water partition coefficient (Wildman–Crippen LogP) is 3.57. The maximum Gasteiger partial charge on any atom is 0.490 e. The van der Waals surface area contributed by atoms with Crippen LogP contribution in [0.3, 0.4) is 0 Å². The largest absolute Gasteiger partial charge is 0.490 e. The minimum Gasteiger partial charge on any atom is -0.475 e. The maximum absolute atomic E-state index is 12.3. The van der Waals surface area contributed by atoms with Gasteiger partial charge in [0.2, 0.25) is 10.0 Å². The number of nitrogens with two attached hydrogens (primary N) is 1. The summed E-state index contributed by atoms with van der Waals surface area (Å²) in [6, 6.07) is 12.0. The second-order valence-electron chi connectivity index (χ2n) is 10.1. The lowest BCUT2D eigenvalue weighted by atomic mass is 9.88. The van der Waals surface area contributed by atoms with E-state index < -0.39 is 28.1 Å². The summed E-state index contributed by atoms with van der Waals surface area (Å²) in [5.41, 5.74) is 11.0. The number of carbonyl (C=O) groups excluding carboxylic acids is 1. The number of aromatic amines is 1. The number of nitrogens with one attached hydrogen (secondary N) is 2. The van der Waals surface area contributed by atoms with Crippen LogP contribution in [0.2, 0.25) is 0 Å². The summed E-state index contributed by atoms with van der Waals surface area (Å²) in [4.78, 5) is 24.4. The van der Waals surface area contributed by atoms with Crippen molar-refractivity contribution in [2.45, 2.75) is 51.4 Å². The zero-order chi connectivity index (χ0) is 31.2. The van der Waals surface area contributed by atoms with E-state index in [0.29, 0.717) is 25.2 Å². The average Bonchev–Trinajstić information content (AvgIpc) is 3.39. The Labute approximate surface area is 241 Å². The molecule has 1 saturated heterocycles. The van der Waals surface area contributed by atoms with Crippen molar-refractivity contribution in [2.75, 3.05) is 25.4 Å². The second-order valence-corrected chi connectivity index (χ2v) is 12.4. The van der Waals surface area contributed by atoms with Crippen LogP contribution in [0.1, 0.15) is 54.1 Å². The Morgan fingerprint density at radius 2 is 1.74 bits per heavy atom. The van der Waals surface area contributed by atoms with E-state index in [0.717, 1.165) is 46.0 Å². The lowest BCUT2D eigenvalue weighted by molar-refractivity contribution is -0.192. The molecule has 1 fully saturated rings. The summed E-state index contributed by atoms with van der Waals surface area (Å²) in [6.07, 6.45) is -1.68. The highest BCUT2D eigenvalue weighted by Gasteiger charge is 2.38. The van der Waals surface area contributed by atoms with Crippen LogP contribution in [0, 0.1) is 0 Å². The molecule has 3 aromatic rings. The fraction of sp³-hybridized carbons (Fsp3) is 0.429. The molecule has 1 amide bonds. The monoisotopic (exact) mass is 612 g/mol. The number of carbonyl (C=O) groups is 2. The van der Waals surface area contributed by atoms with Crippen LogP contribution >= 0.6 is 0 Å². The van der Waals surface area contributed by atoms with Gasteiger partial charge in [-0.25, -0.2) is 17.5 Å². The van der Waals surface area contributed by atoms with Crippen molar-refractivity contribution in [2.24, 2.45) is 5.73 Å². The number of aliphatic hydroxyl groups is 1. The van der Waals surface area contributed by atoms with Crippen molar-refractivity contribution in [3.8, 4) is 11.1 Å². The van der Waals surface area contributed by atoms with Crippen molar-refractivity contribution >= 4 is 32.8 Å². The molecule has 2 heterocycles. The number of primary amides is 1. The molecule has 230 valence electrons. The molecule has 2 aromatic carbocycles. The van der Waals surface area contributed by atoms with Crippen LogP contribution in [0.15, 0.2) is 42.6 Å². The number of carboxylic acids is 1. The third-order valence-corrected chi connectivity index (χ3v) is 9.08.